The van der Waals surface area contributed by atoms with E-state index in [-0.39, 0.29) is 17.6 Å². The Kier molecular flexibility index (Phi) is 3.19. The molecule has 1 aliphatic rings. The molecule has 0 bridgehead atoms. The Morgan fingerprint density at radius 2 is 2.38 bits per heavy atom. The lowest BCUT2D eigenvalue weighted by atomic mass is 10.1. The highest BCUT2D eigenvalue weighted by Gasteiger charge is 2.22. The van der Waals surface area contributed by atoms with Gasteiger partial charge in [-0.15, -0.1) is 0 Å². The van der Waals surface area contributed by atoms with Gasteiger partial charge in [-0.3, -0.25) is 4.79 Å². The van der Waals surface area contributed by atoms with Crippen molar-refractivity contribution in [2.24, 2.45) is 5.92 Å². The predicted molar refractivity (Wildman–Crippen MR) is 60.7 cm³/mol. The summed E-state index contributed by atoms with van der Waals surface area (Å²) in [6.45, 7) is 3.25. The lowest BCUT2D eigenvalue weighted by molar-refractivity contribution is -0.119. The summed E-state index contributed by atoms with van der Waals surface area (Å²) >= 11 is 0. The SMILES string of the molecule is Cc1c(F)cccc1NC(=O)C1CCNC1. The molecule has 1 atom stereocenters. The highest BCUT2D eigenvalue weighted by molar-refractivity contribution is 5.93. The topological polar surface area (TPSA) is 41.1 Å². The Morgan fingerprint density at radius 3 is 3.06 bits per heavy atom. The third kappa shape index (κ3) is 2.22. The van der Waals surface area contributed by atoms with Gasteiger partial charge in [0.2, 0.25) is 5.91 Å². The Labute approximate surface area is 94.0 Å². The normalized spacial score (nSPS) is 19.8. The molecule has 3 nitrogen and oxygen atoms in total. The molecule has 0 aromatic heterocycles. The van der Waals surface area contributed by atoms with Crippen LogP contribution in [0.25, 0.3) is 0 Å². The first-order valence-electron chi connectivity index (χ1n) is 5.45. The summed E-state index contributed by atoms with van der Waals surface area (Å²) in [6, 6.07) is 4.71. The summed E-state index contributed by atoms with van der Waals surface area (Å²) in [6.07, 6.45) is 0.847. The minimum absolute atomic E-state index is 0.00247. The van der Waals surface area contributed by atoms with Gasteiger partial charge in [-0.05, 0) is 32.0 Å². The van der Waals surface area contributed by atoms with E-state index >= 15 is 0 Å². The first kappa shape index (κ1) is 11.1. The van der Waals surface area contributed by atoms with E-state index in [0.717, 1.165) is 13.0 Å². The van der Waals surface area contributed by atoms with E-state index in [1.54, 1.807) is 19.1 Å². The molecule has 0 spiro atoms. The standard InChI is InChI=1S/C12H15FN2O/c1-8-10(13)3-2-4-11(8)15-12(16)9-5-6-14-7-9/h2-4,9,14H,5-7H2,1H3,(H,15,16). The molecule has 1 aromatic rings. The molecule has 16 heavy (non-hydrogen) atoms. The average Bonchev–Trinajstić information content (AvgIpc) is 2.78. The van der Waals surface area contributed by atoms with Gasteiger partial charge in [0.25, 0.3) is 0 Å². The molecule has 1 fully saturated rings. The molecule has 1 saturated heterocycles. The fourth-order valence-electron chi connectivity index (χ4n) is 1.86. The third-order valence-corrected chi connectivity index (χ3v) is 2.96. The molecule has 4 heteroatoms. The molecule has 1 heterocycles. The summed E-state index contributed by atoms with van der Waals surface area (Å²) in [5, 5.41) is 5.90. The van der Waals surface area contributed by atoms with Crippen LogP contribution in [0.3, 0.4) is 0 Å². The van der Waals surface area contributed by atoms with Gasteiger partial charge in [0.15, 0.2) is 0 Å². The number of amides is 1. The van der Waals surface area contributed by atoms with E-state index in [1.807, 2.05) is 0 Å². The lowest BCUT2D eigenvalue weighted by Gasteiger charge is -2.12. The van der Waals surface area contributed by atoms with Crippen molar-refractivity contribution in [3.05, 3.63) is 29.6 Å². The Morgan fingerprint density at radius 1 is 1.56 bits per heavy atom. The zero-order chi connectivity index (χ0) is 11.5. The van der Waals surface area contributed by atoms with E-state index in [0.29, 0.717) is 17.8 Å². The molecule has 1 aromatic carbocycles. The number of rotatable bonds is 2. The zero-order valence-electron chi connectivity index (χ0n) is 9.22. The molecular formula is C12H15FN2O. The zero-order valence-corrected chi connectivity index (χ0v) is 9.22. The molecule has 0 saturated carbocycles. The minimum Gasteiger partial charge on any atom is -0.325 e. The number of halogens is 1. The summed E-state index contributed by atoms with van der Waals surface area (Å²) < 4.78 is 13.2. The molecule has 1 amide bonds. The van der Waals surface area contributed by atoms with Gasteiger partial charge in [0.1, 0.15) is 5.82 Å². The lowest BCUT2D eigenvalue weighted by Crippen LogP contribution is -2.25. The van der Waals surface area contributed by atoms with E-state index in [4.69, 9.17) is 0 Å². The second kappa shape index (κ2) is 4.61. The fourth-order valence-corrected chi connectivity index (χ4v) is 1.86. The Bertz CT molecular complexity index is 400. The van der Waals surface area contributed by atoms with Crippen LogP contribution in [-0.4, -0.2) is 19.0 Å². The number of carbonyl (C=O) groups excluding carboxylic acids is 1. The van der Waals surface area contributed by atoms with E-state index < -0.39 is 0 Å². The highest BCUT2D eigenvalue weighted by Crippen LogP contribution is 2.19. The quantitative estimate of drug-likeness (QED) is 0.799. The molecule has 0 aliphatic carbocycles. The third-order valence-electron chi connectivity index (χ3n) is 2.96. The van der Waals surface area contributed by atoms with Crippen LogP contribution >= 0.6 is 0 Å². The number of anilines is 1. The van der Waals surface area contributed by atoms with Crippen LogP contribution in [0.5, 0.6) is 0 Å². The van der Waals surface area contributed by atoms with E-state index in [9.17, 15) is 9.18 Å². The molecule has 1 aliphatic heterocycles. The second-order valence-electron chi connectivity index (χ2n) is 4.09. The number of carbonyl (C=O) groups is 1. The van der Waals surface area contributed by atoms with Crippen LogP contribution < -0.4 is 10.6 Å². The molecule has 1 unspecified atom stereocenters. The second-order valence-corrected chi connectivity index (χ2v) is 4.09. The molecule has 2 rings (SSSR count). The van der Waals surface area contributed by atoms with Crippen LogP contribution in [0, 0.1) is 18.7 Å². The van der Waals surface area contributed by atoms with Crippen LogP contribution in [0.4, 0.5) is 10.1 Å². The number of hydrogen-bond acceptors (Lipinski definition) is 2. The van der Waals surface area contributed by atoms with Gasteiger partial charge in [-0.1, -0.05) is 6.07 Å². The first-order chi connectivity index (χ1) is 7.68. The summed E-state index contributed by atoms with van der Waals surface area (Å²) in [5.41, 5.74) is 1.05. The minimum atomic E-state index is -0.289. The van der Waals surface area contributed by atoms with Crippen molar-refractivity contribution in [2.75, 3.05) is 18.4 Å². The summed E-state index contributed by atoms with van der Waals surface area (Å²) in [7, 11) is 0. The first-order valence-corrected chi connectivity index (χ1v) is 5.45. The van der Waals surface area contributed by atoms with Crippen molar-refractivity contribution in [1.29, 1.82) is 0 Å². The maximum Gasteiger partial charge on any atom is 0.228 e. The van der Waals surface area contributed by atoms with Gasteiger partial charge in [0, 0.05) is 17.8 Å². The van der Waals surface area contributed by atoms with Crippen molar-refractivity contribution in [1.82, 2.24) is 5.32 Å². The van der Waals surface area contributed by atoms with Crippen molar-refractivity contribution < 1.29 is 9.18 Å². The Balaban J connectivity index is 2.08. The largest absolute Gasteiger partial charge is 0.325 e. The van der Waals surface area contributed by atoms with Crippen molar-refractivity contribution in [2.45, 2.75) is 13.3 Å². The molecular weight excluding hydrogens is 207 g/mol. The molecule has 0 radical (unpaired) electrons. The number of nitrogens with one attached hydrogen (secondary N) is 2. The number of hydrogen-bond donors (Lipinski definition) is 2. The van der Waals surface area contributed by atoms with Crippen molar-refractivity contribution >= 4 is 11.6 Å². The van der Waals surface area contributed by atoms with Gasteiger partial charge < -0.3 is 10.6 Å². The van der Waals surface area contributed by atoms with E-state index in [1.165, 1.54) is 6.07 Å². The average molecular weight is 222 g/mol. The maximum absolute atomic E-state index is 13.2. The van der Waals surface area contributed by atoms with Gasteiger partial charge in [-0.2, -0.15) is 0 Å². The van der Waals surface area contributed by atoms with Crippen molar-refractivity contribution in [3.8, 4) is 0 Å². The van der Waals surface area contributed by atoms with Crippen LogP contribution in [-0.2, 0) is 4.79 Å². The molecule has 2 N–H and O–H groups in total. The Hall–Kier alpha value is -1.42. The monoisotopic (exact) mass is 222 g/mol. The molecule has 86 valence electrons. The smallest absolute Gasteiger partial charge is 0.228 e. The van der Waals surface area contributed by atoms with Crippen LogP contribution in [0.2, 0.25) is 0 Å². The number of benzene rings is 1. The highest BCUT2D eigenvalue weighted by atomic mass is 19.1. The maximum atomic E-state index is 13.2. The predicted octanol–water partition coefficient (Wildman–Crippen LogP) is 1.68. The van der Waals surface area contributed by atoms with Crippen molar-refractivity contribution in [3.63, 3.8) is 0 Å². The van der Waals surface area contributed by atoms with Gasteiger partial charge in [0.05, 0.1) is 5.92 Å². The van der Waals surface area contributed by atoms with Gasteiger partial charge in [-0.25, -0.2) is 4.39 Å². The fraction of sp³-hybridized carbons (Fsp3) is 0.417. The van der Waals surface area contributed by atoms with Gasteiger partial charge >= 0.3 is 0 Å². The van der Waals surface area contributed by atoms with Crippen LogP contribution in [0.15, 0.2) is 18.2 Å². The summed E-state index contributed by atoms with van der Waals surface area (Å²) in [4.78, 5) is 11.8. The summed E-state index contributed by atoms with van der Waals surface area (Å²) in [5.74, 6) is -0.316. The van der Waals surface area contributed by atoms with E-state index in [2.05, 4.69) is 10.6 Å². The van der Waals surface area contributed by atoms with Crippen LogP contribution in [0.1, 0.15) is 12.0 Å².